The van der Waals surface area contributed by atoms with Crippen LogP contribution in [0.15, 0.2) is 60.8 Å². The second-order valence-electron chi connectivity index (χ2n) is 7.59. The van der Waals surface area contributed by atoms with Crippen molar-refractivity contribution < 1.29 is 28.8 Å². The summed E-state index contributed by atoms with van der Waals surface area (Å²) in [6, 6.07) is 18.0. The first-order valence-corrected chi connectivity index (χ1v) is 12.0. The van der Waals surface area contributed by atoms with E-state index in [9.17, 15) is 24.5 Å². The number of esters is 1. The van der Waals surface area contributed by atoms with Crippen LogP contribution in [0.5, 0.6) is 0 Å². The number of nitrogens with one attached hydrogen (secondary N) is 1. The van der Waals surface area contributed by atoms with Crippen molar-refractivity contribution in [3.63, 3.8) is 0 Å². The molecule has 2 aromatic carbocycles. The zero-order valence-corrected chi connectivity index (χ0v) is 21.2. The fourth-order valence-corrected chi connectivity index (χ4v) is 4.69. The van der Waals surface area contributed by atoms with Crippen LogP contribution in [0.4, 0.5) is 10.7 Å². The van der Waals surface area contributed by atoms with Gasteiger partial charge in [-0.25, -0.2) is 4.79 Å². The average Bonchev–Trinajstić information content (AvgIpc) is 3.51. The maximum absolute atomic E-state index is 11.8. The van der Waals surface area contributed by atoms with Gasteiger partial charge >= 0.3 is 11.0 Å². The van der Waals surface area contributed by atoms with Crippen LogP contribution in [0.25, 0.3) is 16.6 Å². The summed E-state index contributed by atoms with van der Waals surface area (Å²) in [4.78, 5) is 43.7. The molecule has 0 aliphatic carbocycles. The molecule has 1 N–H and O–H groups in total. The number of nitrogens with zero attached hydrogens (tertiary/aromatic N) is 2. The van der Waals surface area contributed by atoms with Crippen molar-refractivity contribution >= 4 is 51.6 Å². The average molecular weight is 524 g/mol. The number of rotatable bonds is 9. The molecular formula is C26H25N3O7S. The first-order valence-electron chi connectivity index (χ1n) is 11.2. The molecule has 0 radical (unpaired) electrons. The number of thiophene rings is 1. The summed E-state index contributed by atoms with van der Waals surface area (Å²) >= 11 is 0.644. The van der Waals surface area contributed by atoms with Gasteiger partial charge in [-0.3, -0.25) is 19.7 Å². The Balaban J connectivity index is 0.000000206. The second kappa shape index (κ2) is 12.6. The number of anilines is 1. The number of hydrogen-bond acceptors (Lipinski definition) is 8. The van der Waals surface area contributed by atoms with Crippen LogP contribution in [0, 0.1) is 10.1 Å². The predicted octanol–water partition coefficient (Wildman–Crippen LogP) is 5.55. The van der Waals surface area contributed by atoms with E-state index in [0.29, 0.717) is 24.0 Å². The van der Waals surface area contributed by atoms with Gasteiger partial charge in [0.15, 0.2) is 11.8 Å². The zero-order valence-electron chi connectivity index (χ0n) is 20.4. The van der Waals surface area contributed by atoms with Crippen molar-refractivity contribution in [2.75, 3.05) is 19.0 Å². The maximum Gasteiger partial charge on any atom is 0.346 e. The number of methoxy groups -OCH3 is 1. The molecule has 0 bridgehead atoms. The number of carbonyl (C=O) groups excluding carboxylic acids is 3. The predicted molar refractivity (Wildman–Crippen MR) is 141 cm³/mol. The van der Waals surface area contributed by atoms with Gasteiger partial charge in [0, 0.05) is 35.6 Å². The first-order chi connectivity index (χ1) is 17.9. The summed E-state index contributed by atoms with van der Waals surface area (Å²) in [5, 5.41) is 14.4. The quantitative estimate of drug-likeness (QED) is 0.132. The highest BCUT2D eigenvalue weighted by molar-refractivity contribution is 7.17. The van der Waals surface area contributed by atoms with Gasteiger partial charge in [0.1, 0.15) is 0 Å². The number of nitro groups is 1. The lowest BCUT2D eigenvalue weighted by Gasteiger charge is -2.10. The molecule has 4 rings (SSSR count). The number of carbonyl (C=O) groups is 3. The molecule has 0 aliphatic heterocycles. The van der Waals surface area contributed by atoms with Crippen molar-refractivity contribution in [3.8, 4) is 5.69 Å². The first kappa shape index (κ1) is 27.2. The van der Waals surface area contributed by atoms with E-state index in [1.807, 2.05) is 42.6 Å². The number of amides is 1. The molecular weight excluding hydrogens is 498 g/mol. The molecule has 10 nitrogen and oxygen atoms in total. The molecule has 0 fully saturated rings. The number of ether oxygens (including phenoxy) is 2. The Bertz CT molecular complexity index is 1410. The Morgan fingerprint density at radius 3 is 2.51 bits per heavy atom. The lowest BCUT2D eigenvalue weighted by Crippen LogP contribution is -2.11. The van der Waals surface area contributed by atoms with Crippen LogP contribution in [-0.4, -0.2) is 41.9 Å². The lowest BCUT2D eigenvalue weighted by atomic mass is 10.1. The summed E-state index contributed by atoms with van der Waals surface area (Å²) < 4.78 is 12.0. The molecule has 1 atom stereocenters. The zero-order chi connectivity index (χ0) is 26.9. The largest absolute Gasteiger partial charge is 0.462 e. The van der Waals surface area contributed by atoms with E-state index in [2.05, 4.69) is 28.1 Å². The van der Waals surface area contributed by atoms with Crippen LogP contribution < -0.4 is 5.32 Å². The van der Waals surface area contributed by atoms with Gasteiger partial charge in [-0.05, 0) is 44.2 Å². The van der Waals surface area contributed by atoms with Gasteiger partial charge in [0.2, 0.25) is 6.41 Å². The smallest absolute Gasteiger partial charge is 0.346 e. The molecule has 0 saturated heterocycles. The van der Waals surface area contributed by atoms with Gasteiger partial charge in [-0.1, -0.05) is 35.6 Å². The van der Waals surface area contributed by atoms with Crippen molar-refractivity contribution in [1.82, 2.24) is 4.57 Å². The highest BCUT2D eigenvalue weighted by atomic mass is 32.1. The Kier molecular flexibility index (Phi) is 9.25. The van der Waals surface area contributed by atoms with Crippen molar-refractivity contribution in [2.45, 2.75) is 20.0 Å². The van der Waals surface area contributed by atoms with Gasteiger partial charge in [0.25, 0.3) is 0 Å². The van der Waals surface area contributed by atoms with Crippen LogP contribution in [0.3, 0.4) is 0 Å². The molecule has 1 unspecified atom stereocenters. The molecule has 1 amide bonds. The summed E-state index contributed by atoms with van der Waals surface area (Å²) in [7, 11) is 1.39. The van der Waals surface area contributed by atoms with Crippen LogP contribution in [0.2, 0.25) is 0 Å². The molecule has 2 heterocycles. The third kappa shape index (κ3) is 6.08. The highest BCUT2D eigenvalue weighted by Crippen LogP contribution is 2.39. The minimum atomic E-state index is -0.822. The fraction of sp³-hybridized carbons (Fsp3) is 0.192. The van der Waals surface area contributed by atoms with E-state index < -0.39 is 22.0 Å². The highest BCUT2D eigenvalue weighted by Gasteiger charge is 2.34. The number of para-hydroxylation sites is 1. The molecule has 37 heavy (non-hydrogen) atoms. The van der Waals surface area contributed by atoms with Gasteiger partial charge in [0.05, 0.1) is 28.0 Å². The lowest BCUT2D eigenvalue weighted by molar-refractivity contribution is -0.380. The summed E-state index contributed by atoms with van der Waals surface area (Å²) in [6.45, 7) is 3.28. The Morgan fingerprint density at radius 2 is 1.92 bits per heavy atom. The maximum atomic E-state index is 11.8. The monoisotopic (exact) mass is 523 g/mol. The molecule has 0 spiro atoms. The molecule has 11 heteroatoms. The normalized spacial score (nSPS) is 11.2. The standard InChI is InChI=1S/C15H12N2O.C11H13NO6S/c18-11-16-13-7-6-12-8-9-17(15(12)10-13)14-4-2-1-3-5-14;1-4-18-11(14)9-8(6(2)17-3)7(5-13)19-10(9)12(15)16/h1-11H,(H,16,18);5-6H,4H2,1-3H3. The molecule has 192 valence electrons. The van der Waals surface area contributed by atoms with Gasteiger partial charge in [-0.15, -0.1) is 0 Å². The molecule has 0 aliphatic rings. The fourth-order valence-electron chi connectivity index (χ4n) is 3.69. The summed E-state index contributed by atoms with van der Waals surface area (Å²) in [5.74, 6) is -0.822. The Morgan fingerprint density at radius 1 is 1.19 bits per heavy atom. The van der Waals surface area contributed by atoms with E-state index in [1.54, 1.807) is 13.8 Å². The van der Waals surface area contributed by atoms with Crippen LogP contribution in [-0.2, 0) is 14.3 Å². The number of hydrogen-bond donors (Lipinski definition) is 1. The summed E-state index contributed by atoms with van der Waals surface area (Å²) in [5.41, 5.74) is 2.98. The van der Waals surface area contributed by atoms with Gasteiger partial charge in [-0.2, -0.15) is 0 Å². The van der Waals surface area contributed by atoms with Gasteiger partial charge < -0.3 is 19.4 Å². The summed E-state index contributed by atoms with van der Waals surface area (Å²) in [6.07, 6.45) is 2.58. The molecule has 4 aromatic rings. The number of benzene rings is 2. The van der Waals surface area contributed by atoms with Crippen LogP contribution in [0.1, 0.15) is 45.5 Å². The molecule has 2 aromatic heterocycles. The van der Waals surface area contributed by atoms with E-state index in [-0.39, 0.29) is 22.6 Å². The van der Waals surface area contributed by atoms with Crippen molar-refractivity contribution in [2.24, 2.45) is 0 Å². The number of fused-ring (bicyclic) bond motifs is 1. The van der Waals surface area contributed by atoms with E-state index in [0.717, 1.165) is 22.3 Å². The van der Waals surface area contributed by atoms with Crippen LogP contribution >= 0.6 is 11.3 Å². The number of aldehydes is 1. The minimum absolute atomic E-state index is 0.0864. The third-order valence-electron chi connectivity index (χ3n) is 5.42. The van der Waals surface area contributed by atoms with E-state index >= 15 is 0 Å². The Hall–Kier alpha value is -4.35. The van der Waals surface area contributed by atoms with E-state index in [1.165, 1.54) is 7.11 Å². The second-order valence-corrected chi connectivity index (χ2v) is 8.62. The Labute approximate surface area is 216 Å². The van der Waals surface area contributed by atoms with Crippen molar-refractivity contribution in [3.05, 3.63) is 86.9 Å². The third-order valence-corrected chi connectivity index (χ3v) is 6.50. The SMILES string of the molecule is CCOC(=O)c1c([N+](=O)[O-])sc(C=O)c1C(C)OC.O=CNc1ccc2ccn(-c3ccccc3)c2c1. The molecule has 0 saturated carbocycles. The number of aromatic nitrogens is 1. The topological polar surface area (TPSA) is 130 Å². The minimum Gasteiger partial charge on any atom is -0.462 e. The van der Waals surface area contributed by atoms with E-state index in [4.69, 9.17) is 9.47 Å². The van der Waals surface area contributed by atoms with Crippen molar-refractivity contribution in [1.29, 1.82) is 0 Å².